The molecule has 0 bridgehead atoms. The van der Waals surface area contributed by atoms with E-state index in [4.69, 9.17) is 58.5 Å². The van der Waals surface area contributed by atoms with E-state index in [2.05, 4.69) is 22.1 Å². The molecule has 0 fully saturated rings. The van der Waals surface area contributed by atoms with Gasteiger partial charge in [0, 0.05) is 84.3 Å². The number of nitriles is 3. The maximum absolute atomic E-state index is 12.9. The van der Waals surface area contributed by atoms with Crippen molar-refractivity contribution < 1.29 is 68.6 Å². The number of anilines is 2. The van der Waals surface area contributed by atoms with Crippen LogP contribution in [0.4, 0.5) is 11.4 Å². The molecule has 25 nitrogen and oxygen atoms in total. The van der Waals surface area contributed by atoms with Crippen LogP contribution in [0.25, 0.3) is 33.2 Å². The molecule has 2 aromatic heterocycles. The number of phenols is 4. The van der Waals surface area contributed by atoms with Crippen LogP contribution in [0.15, 0.2) is 192 Å². The van der Waals surface area contributed by atoms with Crippen molar-refractivity contribution in [3.05, 3.63) is 270 Å². The van der Waals surface area contributed by atoms with Crippen molar-refractivity contribution >= 4 is 85.3 Å². The lowest BCUT2D eigenvalue weighted by atomic mass is 9.97. The van der Waals surface area contributed by atoms with Crippen molar-refractivity contribution in [2.45, 2.75) is 163 Å². The number of Topliss-reactive ketones (excluding diaryl/α,β-unsaturated/α-hetero) is 3. The average Bonchev–Trinajstić information content (AvgIpc) is 0.770. The summed E-state index contributed by atoms with van der Waals surface area (Å²) in [4.78, 5) is 114. The highest BCUT2D eigenvalue weighted by molar-refractivity contribution is 6.63. The molecule has 9 N–H and O–H groups in total. The molecule has 0 saturated heterocycles. The number of ether oxygens (including phenoxy) is 2. The molecule has 11 rings (SSSR count). The molecule has 0 aliphatic heterocycles. The first-order valence-corrected chi connectivity index (χ1v) is 40.4. The molecule has 0 radical (unpaired) electrons. The summed E-state index contributed by atoms with van der Waals surface area (Å²) in [5.41, 5.74) is 21.1. The molecule has 0 aliphatic carbocycles. The van der Waals surface area contributed by atoms with Crippen LogP contribution in [0.1, 0.15) is 195 Å². The molecule has 2 heterocycles. The number of benzene rings is 9. The topological polar surface area (TPSA) is 432 Å². The lowest BCUT2D eigenvalue weighted by Gasteiger charge is -2.16. The van der Waals surface area contributed by atoms with Gasteiger partial charge in [-0.1, -0.05) is 129 Å². The van der Waals surface area contributed by atoms with Crippen LogP contribution in [0.3, 0.4) is 0 Å². The number of nitrogen functional groups attached to an aromatic ring is 2. The van der Waals surface area contributed by atoms with Gasteiger partial charge in [-0.25, -0.2) is 14.8 Å². The number of phenolic OH excluding ortho intramolecular Hbond substituents is 4. The van der Waals surface area contributed by atoms with E-state index in [-0.39, 0.29) is 128 Å². The molecule has 650 valence electrons. The molecule has 0 saturated carbocycles. The normalized spacial score (nSPS) is 10.5. The number of aromatic nitrogens is 4. The summed E-state index contributed by atoms with van der Waals surface area (Å²) in [5.74, 6) is 0.875. The number of carboxylic acids is 1. The number of fused-ring (bicyclic) bond motifs is 2. The number of aromatic hydroxyl groups is 4. The van der Waals surface area contributed by atoms with E-state index in [1.165, 1.54) is 48.5 Å². The maximum Gasteiger partial charge on any atom is 0.335 e. The molecule has 11 aromatic rings. The number of hydrogen-bond donors (Lipinski definition) is 7. The predicted molar refractivity (Wildman–Crippen MR) is 483 cm³/mol. The third-order valence-electron chi connectivity index (χ3n) is 18.4. The summed E-state index contributed by atoms with van der Waals surface area (Å²) in [5, 5.41) is 73.0. The lowest BCUT2D eigenvalue weighted by Crippen LogP contribution is -2.24. The van der Waals surface area contributed by atoms with Crippen LogP contribution in [0, 0.1) is 90.3 Å². The van der Waals surface area contributed by atoms with E-state index in [9.17, 15) is 58.5 Å². The first-order chi connectivity index (χ1) is 58.2. The van der Waals surface area contributed by atoms with Crippen LogP contribution in [0.5, 0.6) is 34.5 Å². The van der Waals surface area contributed by atoms with Gasteiger partial charge in [-0.3, -0.25) is 47.5 Å². The van der Waals surface area contributed by atoms with E-state index in [1.54, 1.807) is 186 Å². The number of hydrogen-bond acceptors (Lipinski definition) is 22. The summed E-state index contributed by atoms with van der Waals surface area (Å²) in [6, 6.07) is 55.4. The zero-order chi connectivity index (χ0) is 93.3. The van der Waals surface area contributed by atoms with Crippen LogP contribution in [0.2, 0.25) is 0 Å². The third kappa shape index (κ3) is 32.1. The lowest BCUT2D eigenvalue weighted by molar-refractivity contribution is -0.138. The minimum Gasteiger partial charge on any atom is -0.508 e. The molecular weight excluding hydrogens is 1590 g/mol. The van der Waals surface area contributed by atoms with Crippen molar-refractivity contribution in [1.29, 1.82) is 15.8 Å². The van der Waals surface area contributed by atoms with E-state index in [0.717, 1.165) is 27.8 Å². The summed E-state index contributed by atoms with van der Waals surface area (Å²) in [6.45, 7) is 35.4. The fraction of sp³-hybridized carbons (Fsp3) is 0.306. The fourth-order valence-corrected chi connectivity index (χ4v) is 10.6. The highest BCUT2D eigenvalue weighted by atomic mass is 35.5. The Morgan fingerprint density at radius 1 is 0.403 bits per heavy atom. The van der Waals surface area contributed by atoms with Crippen LogP contribution in [-0.4, -0.2) is 85.1 Å². The molecular formula is C98H110ClN9O16. The van der Waals surface area contributed by atoms with Crippen molar-refractivity contribution in [2.24, 2.45) is 35.5 Å². The number of carboxylic acid groups (broad SMARTS) is 1. The molecule has 0 spiro atoms. The Labute approximate surface area is 728 Å². The number of nitrogens with zero attached hydrogens (tertiary/aromatic N) is 7. The zero-order valence-electron chi connectivity index (χ0n) is 73.5. The van der Waals surface area contributed by atoms with Gasteiger partial charge in [-0.2, -0.15) is 15.8 Å². The van der Waals surface area contributed by atoms with E-state index in [1.807, 2.05) is 94.4 Å². The van der Waals surface area contributed by atoms with Crippen LogP contribution >= 0.6 is 11.6 Å². The fourth-order valence-electron chi connectivity index (χ4n) is 10.6. The highest BCUT2D eigenvalue weighted by Gasteiger charge is 2.22. The standard InChI is InChI=1S/2C18H15N3O2.2C16H22O3.C12H14O4.C7H6N2.C7H9NO.C4H7ClO/c2*1-11(2)17-20-16-9-14(22)7-8-15(16)18(23)21(17)13-5-3-12(10-19)4-6-13;2*1-10(2)15(17)9-13-8-14(7-6-12(13)5)19-16(18)11(3)4;1-7(2)11(14)6-8-5-9(13)3-4-10(8)12(15)16;8-5-6-1-3-7(9)4-2-6;1-5-2-3-6(9)4-7(5)8;1-3(2)4(5)6/h2*3-9,11,22H,1-2H3;2*6-8,10-11H,9H2,1-5H3;3-5,7,13H,6H2,1-2H3,(H,15,16);1-4H,9H2;2-4,9H,8H2,1H3;3H,1-2H3. The highest BCUT2D eigenvalue weighted by Crippen LogP contribution is 2.28. The molecule has 124 heavy (non-hydrogen) atoms. The molecule has 0 amide bonds. The van der Waals surface area contributed by atoms with Gasteiger partial charge >= 0.3 is 17.9 Å². The Balaban J connectivity index is 0.000000306. The Kier molecular flexibility index (Phi) is 40.4. The van der Waals surface area contributed by atoms with Crippen molar-refractivity contribution in [1.82, 2.24) is 19.1 Å². The van der Waals surface area contributed by atoms with Gasteiger partial charge in [0.1, 0.15) is 63.5 Å². The van der Waals surface area contributed by atoms with Gasteiger partial charge in [-0.15, -0.1) is 0 Å². The summed E-state index contributed by atoms with van der Waals surface area (Å²) in [6.07, 6.45) is 0.806. The second-order valence-electron chi connectivity index (χ2n) is 31.4. The first-order valence-electron chi connectivity index (χ1n) is 40.0. The Morgan fingerprint density at radius 2 is 0.718 bits per heavy atom. The second-order valence-corrected chi connectivity index (χ2v) is 31.7. The number of carbonyl (C=O) groups excluding carboxylic acids is 6. The van der Waals surface area contributed by atoms with Crippen LogP contribution < -0.4 is 32.1 Å². The van der Waals surface area contributed by atoms with Gasteiger partial charge in [0.25, 0.3) is 11.1 Å². The van der Waals surface area contributed by atoms with Gasteiger partial charge < -0.3 is 46.5 Å². The zero-order valence-corrected chi connectivity index (χ0v) is 74.2. The predicted octanol–water partition coefficient (Wildman–Crippen LogP) is 18.5. The van der Waals surface area contributed by atoms with Gasteiger partial charge in [-0.05, 0) is 211 Å². The smallest absolute Gasteiger partial charge is 0.335 e. The number of aryl methyl sites for hydroxylation is 3. The number of ketones is 3. The number of rotatable bonds is 19. The maximum atomic E-state index is 12.9. The van der Waals surface area contributed by atoms with Crippen molar-refractivity contribution in [2.75, 3.05) is 11.5 Å². The largest absolute Gasteiger partial charge is 0.508 e. The number of nitrogens with two attached hydrogens (primary N) is 2. The minimum absolute atomic E-state index is 0.0151. The summed E-state index contributed by atoms with van der Waals surface area (Å²) < 4.78 is 13.6. The van der Waals surface area contributed by atoms with Gasteiger partial charge in [0.15, 0.2) is 0 Å². The molecule has 9 aromatic carbocycles. The van der Waals surface area contributed by atoms with E-state index in [0.29, 0.717) is 103 Å². The number of aromatic carboxylic acids is 1. The third-order valence-corrected chi connectivity index (χ3v) is 18.9. The molecule has 0 aliphatic rings. The number of halogens is 1. The Bertz CT molecular complexity index is 5580. The van der Waals surface area contributed by atoms with Crippen molar-refractivity contribution in [3.63, 3.8) is 0 Å². The average molecular weight is 1710 g/mol. The van der Waals surface area contributed by atoms with Gasteiger partial charge in [0.05, 0.1) is 85.5 Å². The monoisotopic (exact) mass is 1700 g/mol. The molecule has 0 unspecified atom stereocenters. The second kappa shape index (κ2) is 49.0. The summed E-state index contributed by atoms with van der Waals surface area (Å²) in [7, 11) is 0. The summed E-state index contributed by atoms with van der Waals surface area (Å²) >= 11 is 4.97. The molecule has 0 atom stereocenters. The van der Waals surface area contributed by atoms with E-state index < -0.39 is 5.97 Å². The minimum atomic E-state index is -1.09. The SMILES string of the molecule is CC(C)C(=O)Cc1cc(O)ccc1C(=O)O.CC(C)C(=O)Cl.CC(C)c1nc2cc(O)ccc2c(=O)n1-c1ccc(C#N)cc1.CC(C)c1nc2cc(O)ccc2c(=O)n1-c1ccc(C#N)cc1.Cc1ccc(O)cc1N.Cc1ccc(OC(=O)C(C)C)cc1CC(=O)C(C)C.Cc1ccc(OC(=O)C(C)C)cc1CC(=O)C(C)C.N#Cc1ccc(N)cc1. The quantitative estimate of drug-likeness (QED) is 0.0171. The number of carbonyl (C=O) groups is 7. The Hall–Kier alpha value is -14.1. The molecule has 26 heteroatoms. The van der Waals surface area contributed by atoms with Crippen molar-refractivity contribution in [3.8, 4) is 64.1 Å². The first kappa shape index (κ1) is 102. The van der Waals surface area contributed by atoms with Gasteiger partial charge in [0.2, 0.25) is 5.24 Å². The Morgan fingerprint density at radius 3 is 1.02 bits per heavy atom. The van der Waals surface area contributed by atoms with E-state index >= 15 is 0 Å². The number of esters is 2. The van der Waals surface area contributed by atoms with Crippen LogP contribution in [-0.2, 0) is 48.0 Å².